The number of carbonyl (C=O) groups excluding carboxylic acids is 1. The van der Waals surface area contributed by atoms with Gasteiger partial charge in [0, 0.05) is 19.1 Å². The summed E-state index contributed by atoms with van der Waals surface area (Å²) in [7, 11) is 1.77. The summed E-state index contributed by atoms with van der Waals surface area (Å²) < 4.78 is 5.39. The molecule has 126 valence electrons. The average Bonchev–Trinajstić information content (AvgIpc) is 3.05. The Kier molecular flexibility index (Phi) is 5.08. The van der Waals surface area contributed by atoms with E-state index in [0.29, 0.717) is 5.91 Å². The van der Waals surface area contributed by atoms with E-state index in [-0.39, 0.29) is 11.0 Å². The number of amides is 1. The predicted molar refractivity (Wildman–Crippen MR) is 87.8 cm³/mol. The number of carbonyl (C=O) groups is 1. The highest BCUT2D eigenvalue weighted by Gasteiger charge is 2.46. The summed E-state index contributed by atoms with van der Waals surface area (Å²) in [5, 5.41) is 3.34. The molecular formula is C18H32N2O2. The van der Waals surface area contributed by atoms with Crippen molar-refractivity contribution >= 4 is 5.91 Å². The molecule has 0 aromatic carbocycles. The number of nitrogens with zero attached hydrogens (tertiary/aromatic N) is 1. The van der Waals surface area contributed by atoms with Crippen molar-refractivity contribution in [3.63, 3.8) is 0 Å². The fourth-order valence-electron chi connectivity index (χ4n) is 4.76. The quantitative estimate of drug-likeness (QED) is 0.820. The first-order valence-corrected chi connectivity index (χ1v) is 9.23. The summed E-state index contributed by atoms with van der Waals surface area (Å²) in [6.07, 6.45) is 12.0. The Morgan fingerprint density at radius 2 is 1.68 bits per heavy atom. The lowest BCUT2D eigenvalue weighted by atomic mass is 9.69. The fourth-order valence-corrected chi connectivity index (χ4v) is 4.76. The van der Waals surface area contributed by atoms with Crippen LogP contribution in [-0.2, 0) is 9.53 Å². The Bertz CT molecular complexity index is 381. The van der Waals surface area contributed by atoms with Crippen LogP contribution >= 0.6 is 0 Å². The molecule has 2 saturated carbocycles. The van der Waals surface area contributed by atoms with Gasteiger partial charge in [0.25, 0.3) is 0 Å². The van der Waals surface area contributed by atoms with Crippen LogP contribution in [0.2, 0.25) is 0 Å². The predicted octanol–water partition coefficient (Wildman–Crippen LogP) is 2.72. The number of methoxy groups -OCH3 is 1. The monoisotopic (exact) mass is 308 g/mol. The highest BCUT2D eigenvalue weighted by atomic mass is 16.5. The molecule has 0 bridgehead atoms. The second-order valence-corrected chi connectivity index (χ2v) is 7.76. The van der Waals surface area contributed by atoms with Crippen LogP contribution in [0.4, 0.5) is 0 Å². The summed E-state index contributed by atoms with van der Waals surface area (Å²) in [6, 6.07) is 0. The Labute approximate surface area is 135 Å². The maximum absolute atomic E-state index is 13.1. The fraction of sp³-hybridized carbons (Fsp3) is 0.944. The summed E-state index contributed by atoms with van der Waals surface area (Å²) in [5.41, 5.74) is 0.0119. The smallest absolute Gasteiger partial charge is 0.240 e. The van der Waals surface area contributed by atoms with E-state index >= 15 is 0 Å². The molecule has 4 heteroatoms. The van der Waals surface area contributed by atoms with Crippen molar-refractivity contribution in [2.45, 2.75) is 69.7 Å². The lowest BCUT2D eigenvalue weighted by Crippen LogP contribution is -2.60. The first kappa shape index (κ1) is 16.3. The number of ether oxygens (including phenoxy) is 1. The van der Waals surface area contributed by atoms with Gasteiger partial charge in [-0.05, 0) is 51.6 Å². The summed E-state index contributed by atoms with van der Waals surface area (Å²) in [6.45, 7) is 3.80. The lowest BCUT2D eigenvalue weighted by molar-refractivity contribution is -0.136. The van der Waals surface area contributed by atoms with Gasteiger partial charge >= 0.3 is 0 Å². The molecule has 1 amide bonds. The second-order valence-electron chi connectivity index (χ2n) is 7.76. The lowest BCUT2D eigenvalue weighted by Gasteiger charge is -2.45. The molecular weight excluding hydrogens is 276 g/mol. The Morgan fingerprint density at radius 1 is 1.00 bits per heavy atom. The molecule has 3 rings (SSSR count). The molecule has 1 aliphatic heterocycles. The molecule has 0 unspecified atom stereocenters. The van der Waals surface area contributed by atoms with Crippen LogP contribution in [0, 0.1) is 5.41 Å². The third kappa shape index (κ3) is 3.05. The van der Waals surface area contributed by atoms with E-state index in [1.54, 1.807) is 7.11 Å². The van der Waals surface area contributed by atoms with Crippen LogP contribution in [0.5, 0.6) is 0 Å². The summed E-state index contributed by atoms with van der Waals surface area (Å²) in [4.78, 5) is 15.6. The van der Waals surface area contributed by atoms with Gasteiger partial charge in [0.15, 0.2) is 0 Å². The number of hydrogen-bond donors (Lipinski definition) is 1. The van der Waals surface area contributed by atoms with E-state index < -0.39 is 0 Å². The molecule has 1 heterocycles. The highest BCUT2D eigenvalue weighted by Crippen LogP contribution is 2.41. The topological polar surface area (TPSA) is 41.6 Å². The van der Waals surface area contributed by atoms with Gasteiger partial charge in [-0.2, -0.15) is 0 Å². The first-order chi connectivity index (χ1) is 10.7. The van der Waals surface area contributed by atoms with E-state index in [1.807, 2.05) is 0 Å². The van der Waals surface area contributed by atoms with E-state index in [9.17, 15) is 4.79 Å². The van der Waals surface area contributed by atoms with Crippen LogP contribution in [0.1, 0.15) is 64.2 Å². The van der Waals surface area contributed by atoms with Crippen molar-refractivity contribution in [2.75, 3.05) is 33.4 Å². The maximum atomic E-state index is 13.1. The number of nitrogens with one attached hydrogen (secondary N) is 1. The number of likely N-dealkylation sites (tertiary alicyclic amines) is 1. The van der Waals surface area contributed by atoms with Crippen LogP contribution in [0.3, 0.4) is 0 Å². The van der Waals surface area contributed by atoms with E-state index in [4.69, 9.17) is 4.74 Å². The van der Waals surface area contributed by atoms with Crippen LogP contribution < -0.4 is 5.32 Å². The van der Waals surface area contributed by atoms with Gasteiger partial charge in [-0.3, -0.25) is 9.69 Å². The standard InChI is InChI=1S/C18H32N2O2/c1-22-15-17(8-7-9-17)14-19-16(21)18(10-3-2-4-11-18)20-12-5-6-13-20/h2-15H2,1H3,(H,19,21). The van der Waals surface area contributed by atoms with Gasteiger partial charge in [0.05, 0.1) is 6.61 Å². The maximum Gasteiger partial charge on any atom is 0.240 e. The SMILES string of the molecule is COCC1(CNC(=O)C2(N3CCCC3)CCCCC2)CCC1. The van der Waals surface area contributed by atoms with Crippen LogP contribution in [-0.4, -0.2) is 49.7 Å². The minimum atomic E-state index is -0.202. The van der Waals surface area contributed by atoms with Crippen LogP contribution in [0.15, 0.2) is 0 Å². The van der Waals surface area contributed by atoms with Gasteiger partial charge in [-0.1, -0.05) is 25.7 Å². The minimum absolute atomic E-state index is 0.202. The van der Waals surface area contributed by atoms with E-state index in [1.165, 1.54) is 51.4 Å². The molecule has 0 spiro atoms. The third-order valence-electron chi connectivity index (χ3n) is 6.30. The minimum Gasteiger partial charge on any atom is -0.384 e. The molecule has 0 radical (unpaired) electrons. The number of rotatable bonds is 6. The molecule has 0 aromatic heterocycles. The summed E-state index contributed by atoms with van der Waals surface area (Å²) in [5.74, 6) is 0.302. The van der Waals surface area contributed by atoms with Gasteiger partial charge in [-0.15, -0.1) is 0 Å². The first-order valence-electron chi connectivity index (χ1n) is 9.23. The average molecular weight is 308 g/mol. The largest absolute Gasteiger partial charge is 0.384 e. The van der Waals surface area contributed by atoms with Crippen molar-refractivity contribution in [1.29, 1.82) is 0 Å². The third-order valence-corrected chi connectivity index (χ3v) is 6.30. The zero-order valence-corrected chi connectivity index (χ0v) is 14.2. The van der Waals surface area contributed by atoms with Crippen molar-refractivity contribution < 1.29 is 9.53 Å². The van der Waals surface area contributed by atoms with Crippen LogP contribution in [0.25, 0.3) is 0 Å². The van der Waals surface area contributed by atoms with E-state index in [0.717, 1.165) is 39.1 Å². The molecule has 1 saturated heterocycles. The zero-order chi connectivity index (χ0) is 15.5. The second kappa shape index (κ2) is 6.88. The molecule has 3 fully saturated rings. The van der Waals surface area contributed by atoms with Crippen molar-refractivity contribution in [3.05, 3.63) is 0 Å². The highest BCUT2D eigenvalue weighted by molar-refractivity contribution is 5.86. The van der Waals surface area contributed by atoms with Crippen molar-refractivity contribution in [3.8, 4) is 0 Å². The Morgan fingerprint density at radius 3 is 2.23 bits per heavy atom. The number of hydrogen-bond acceptors (Lipinski definition) is 3. The van der Waals surface area contributed by atoms with Gasteiger partial charge in [0.2, 0.25) is 5.91 Å². The molecule has 22 heavy (non-hydrogen) atoms. The molecule has 3 aliphatic rings. The van der Waals surface area contributed by atoms with Gasteiger partial charge in [0.1, 0.15) is 5.54 Å². The van der Waals surface area contributed by atoms with E-state index in [2.05, 4.69) is 10.2 Å². The van der Waals surface area contributed by atoms with Gasteiger partial charge < -0.3 is 10.1 Å². The Balaban J connectivity index is 1.64. The summed E-state index contributed by atoms with van der Waals surface area (Å²) >= 11 is 0. The molecule has 4 nitrogen and oxygen atoms in total. The normalized spacial score (nSPS) is 27.3. The molecule has 1 N–H and O–H groups in total. The van der Waals surface area contributed by atoms with Gasteiger partial charge in [-0.25, -0.2) is 0 Å². The molecule has 0 aromatic rings. The van der Waals surface area contributed by atoms with Crippen molar-refractivity contribution in [1.82, 2.24) is 10.2 Å². The Hall–Kier alpha value is -0.610. The molecule has 2 aliphatic carbocycles. The van der Waals surface area contributed by atoms with Crippen molar-refractivity contribution in [2.24, 2.45) is 5.41 Å². The molecule has 0 atom stereocenters. The zero-order valence-electron chi connectivity index (χ0n) is 14.2.